The number of ether oxygens (including phenoxy) is 4. The van der Waals surface area contributed by atoms with E-state index < -0.39 is 0 Å². The van der Waals surface area contributed by atoms with Crippen molar-refractivity contribution in [2.75, 3.05) is 13.2 Å². The Hall–Kier alpha value is -2.04. The fourth-order valence-electron chi connectivity index (χ4n) is 11.3. The Labute approximate surface area is 365 Å². The molecule has 4 atom stereocenters. The zero-order chi connectivity index (χ0) is 45.3. The van der Waals surface area contributed by atoms with Crippen molar-refractivity contribution in [2.45, 2.75) is 243 Å². The van der Waals surface area contributed by atoms with Gasteiger partial charge in [0.25, 0.3) is 0 Å². The van der Waals surface area contributed by atoms with Gasteiger partial charge >= 0.3 is 0 Å². The molecule has 0 spiro atoms. The molecule has 2 aromatic carbocycles. The van der Waals surface area contributed by atoms with E-state index >= 15 is 0 Å². The fourth-order valence-corrected chi connectivity index (χ4v) is 11.3. The van der Waals surface area contributed by atoms with E-state index in [2.05, 4.69) is 190 Å². The molecule has 0 bridgehead atoms. The molecule has 0 radical (unpaired) electrons. The van der Waals surface area contributed by atoms with E-state index in [1.54, 1.807) is 0 Å². The van der Waals surface area contributed by atoms with Gasteiger partial charge in [0, 0.05) is 27.7 Å². The van der Waals surface area contributed by atoms with Gasteiger partial charge in [0.2, 0.25) is 0 Å². The minimum absolute atomic E-state index is 0.127. The molecule has 4 heteroatoms. The summed E-state index contributed by atoms with van der Waals surface area (Å²) in [6, 6.07) is 10.1. The van der Waals surface area contributed by atoms with Crippen LogP contribution in [-0.2, 0) is 36.5 Å². The Bertz CT molecular complexity index is 1550. The minimum Gasteiger partial charge on any atom is -0.490 e. The third kappa shape index (κ3) is 13.0. The summed E-state index contributed by atoms with van der Waals surface area (Å²) in [6.07, 6.45) is 4.88. The molecule has 59 heavy (non-hydrogen) atoms. The maximum absolute atomic E-state index is 7.08. The number of epoxide rings is 2. The minimum atomic E-state index is -0.350. The van der Waals surface area contributed by atoms with Crippen LogP contribution in [0.5, 0.6) is 11.5 Å². The van der Waals surface area contributed by atoms with E-state index in [0.717, 1.165) is 37.2 Å². The highest BCUT2D eigenvalue weighted by Gasteiger charge is 2.43. The summed E-state index contributed by atoms with van der Waals surface area (Å²) in [7, 11) is 0. The molecule has 2 aromatic rings. The number of hydrogen-bond donors (Lipinski definition) is 0. The largest absolute Gasteiger partial charge is 0.490 e. The van der Waals surface area contributed by atoms with Gasteiger partial charge in [0.15, 0.2) is 0 Å². The van der Waals surface area contributed by atoms with Crippen LogP contribution in [0.4, 0.5) is 0 Å². The molecular weight excluding hydrogens is 725 g/mol. The Morgan fingerprint density at radius 3 is 0.763 bits per heavy atom. The molecule has 0 saturated carbocycles. The van der Waals surface area contributed by atoms with Gasteiger partial charge in [-0.3, -0.25) is 0 Å². The molecule has 0 aliphatic carbocycles. The molecule has 2 aliphatic rings. The van der Waals surface area contributed by atoms with E-state index in [4.69, 9.17) is 18.9 Å². The summed E-state index contributed by atoms with van der Waals surface area (Å²) in [5, 5.41) is 0. The molecule has 4 nitrogen and oxygen atoms in total. The second-order valence-corrected chi connectivity index (χ2v) is 27.3. The summed E-state index contributed by atoms with van der Waals surface area (Å²) in [5.41, 5.74) is 7.46. The van der Waals surface area contributed by atoms with Crippen molar-refractivity contribution in [1.29, 1.82) is 0 Å². The normalized spacial score (nSPS) is 21.2. The van der Waals surface area contributed by atoms with E-state index in [0.29, 0.717) is 13.2 Å². The molecule has 0 aromatic heterocycles. The second-order valence-electron chi connectivity index (χ2n) is 27.3. The molecule has 2 heterocycles. The van der Waals surface area contributed by atoms with Crippen LogP contribution in [0.15, 0.2) is 24.3 Å². The smallest absolute Gasteiger partial charge is 0.126 e. The van der Waals surface area contributed by atoms with Crippen molar-refractivity contribution in [2.24, 2.45) is 21.7 Å². The van der Waals surface area contributed by atoms with Gasteiger partial charge in [0.05, 0.1) is 12.2 Å². The summed E-state index contributed by atoms with van der Waals surface area (Å²) in [6.45, 7) is 58.3. The maximum Gasteiger partial charge on any atom is 0.126 e. The van der Waals surface area contributed by atoms with E-state index in [1.807, 2.05) is 0 Å². The van der Waals surface area contributed by atoms with Crippen LogP contribution in [-0.4, -0.2) is 37.6 Å². The number of rotatable bonds is 16. The maximum atomic E-state index is 7.08. The van der Waals surface area contributed by atoms with Crippen LogP contribution in [0, 0.1) is 21.7 Å². The molecule has 4 rings (SSSR count). The van der Waals surface area contributed by atoms with Crippen LogP contribution in [0.3, 0.4) is 0 Å². The molecule has 2 fully saturated rings. The van der Waals surface area contributed by atoms with E-state index in [-0.39, 0.29) is 73.2 Å². The van der Waals surface area contributed by atoms with Crippen molar-refractivity contribution in [3.05, 3.63) is 57.6 Å². The van der Waals surface area contributed by atoms with Crippen LogP contribution < -0.4 is 9.47 Å². The van der Waals surface area contributed by atoms with Gasteiger partial charge in [-0.25, -0.2) is 0 Å². The molecule has 4 unspecified atom stereocenters. The Morgan fingerprint density at radius 2 is 0.593 bits per heavy atom. The number of hydrogen-bond acceptors (Lipinski definition) is 4. The van der Waals surface area contributed by atoms with Gasteiger partial charge in [-0.15, -0.1) is 0 Å². The average molecular weight is 817 g/mol. The average Bonchev–Trinajstić information content (AvgIpc) is 3.90. The van der Waals surface area contributed by atoms with Crippen LogP contribution in [0.1, 0.15) is 225 Å². The van der Waals surface area contributed by atoms with Gasteiger partial charge < -0.3 is 18.9 Å². The highest BCUT2D eigenvalue weighted by Crippen LogP contribution is 2.53. The highest BCUT2D eigenvalue weighted by molar-refractivity contribution is 5.58. The zero-order valence-electron chi connectivity index (χ0n) is 43.0. The monoisotopic (exact) mass is 817 g/mol. The SMILES string of the molecule is CC1OC1COc1c(C(C)(C)CC(C)(C)C)cc(C(C)(C)c2cc(C(C)(C)CC(C)(C)C)c(OCC3OC3C)c(C(C)(C)CC(C)(C)C)c2)cc1C(C)(C)CC(C)(C)C. The molecule has 2 saturated heterocycles. The van der Waals surface area contributed by atoms with E-state index in [9.17, 15) is 0 Å². The zero-order valence-corrected chi connectivity index (χ0v) is 43.0. The third-order valence-corrected chi connectivity index (χ3v) is 12.9. The highest BCUT2D eigenvalue weighted by atomic mass is 16.6. The van der Waals surface area contributed by atoms with Crippen molar-refractivity contribution >= 4 is 0 Å². The summed E-state index contributed by atoms with van der Waals surface area (Å²) in [5.74, 6) is 2.13. The Kier molecular flexibility index (Phi) is 13.7. The summed E-state index contributed by atoms with van der Waals surface area (Å²) in [4.78, 5) is 0. The van der Waals surface area contributed by atoms with Crippen LogP contribution >= 0.6 is 0 Å². The van der Waals surface area contributed by atoms with Crippen LogP contribution in [0.2, 0.25) is 0 Å². The first kappa shape index (κ1) is 49.6. The van der Waals surface area contributed by atoms with Gasteiger partial charge in [-0.05, 0) is 94.0 Å². The predicted octanol–water partition coefficient (Wildman–Crippen LogP) is 15.2. The first-order valence-corrected chi connectivity index (χ1v) is 23.2. The fraction of sp³-hybridized carbons (Fsp3) is 0.782. The molecule has 2 aliphatic heterocycles. The standard InChI is InChI=1S/C55H92O4/c1-35-43(58-35)29-56-45-39(51(15,16)31-47(3,4)5)25-37(26-40(45)52(17,18)32-48(6,7)8)55(23,24)38-27-41(53(19,20)33-49(9,10)11)46(57-30-44-36(2)59-44)42(28-38)54(21,22)34-50(12,13)14/h25-28,35-36,43-44H,29-34H2,1-24H3. The summed E-state index contributed by atoms with van der Waals surface area (Å²) < 4.78 is 26.0. The topological polar surface area (TPSA) is 43.5 Å². The quantitative estimate of drug-likeness (QED) is 0.158. The van der Waals surface area contributed by atoms with Crippen LogP contribution in [0.25, 0.3) is 0 Å². The van der Waals surface area contributed by atoms with Crippen molar-refractivity contribution in [3.63, 3.8) is 0 Å². The molecular formula is C55H92O4. The second kappa shape index (κ2) is 16.3. The third-order valence-electron chi connectivity index (χ3n) is 12.9. The predicted molar refractivity (Wildman–Crippen MR) is 253 cm³/mol. The Balaban J connectivity index is 2.12. The van der Waals surface area contributed by atoms with Gasteiger partial charge in [-0.2, -0.15) is 0 Å². The van der Waals surface area contributed by atoms with Gasteiger partial charge in [0.1, 0.15) is 36.9 Å². The van der Waals surface area contributed by atoms with Gasteiger partial charge in [-0.1, -0.05) is 177 Å². The Morgan fingerprint density at radius 1 is 0.390 bits per heavy atom. The lowest BCUT2D eigenvalue weighted by Gasteiger charge is -2.41. The molecule has 0 N–H and O–H groups in total. The van der Waals surface area contributed by atoms with Crippen molar-refractivity contribution in [3.8, 4) is 11.5 Å². The lowest BCUT2D eigenvalue weighted by atomic mass is 9.64. The lowest BCUT2D eigenvalue weighted by molar-refractivity contribution is 0.231. The first-order valence-electron chi connectivity index (χ1n) is 23.2. The van der Waals surface area contributed by atoms with E-state index in [1.165, 1.54) is 33.4 Å². The lowest BCUT2D eigenvalue weighted by Crippen LogP contribution is -2.33. The van der Waals surface area contributed by atoms with Crippen molar-refractivity contribution < 1.29 is 18.9 Å². The van der Waals surface area contributed by atoms with Crippen molar-refractivity contribution in [1.82, 2.24) is 0 Å². The summed E-state index contributed by atoms with van der Waals surface area (Å²) >= 11 is 0. The first-order chi connectivity index (χ1) is 26.2. The number of benzene rings is 2. The molecule has 0 amide bonds. The molecule has 336 valence electrons.